The summed E-state index contributed by atoms with van der Waals surface area (Å²) in [5, 5.41) is 6.70. The van der Waals surface area contributed by atoms with E-state index in [4.69, 9.17) is 9.26 Å². The maximum atomic E-state index is 11.7. The number of aryl methyl sites for hydroxylation is 1. The molecule has 1 amide bonds. The van der Waals surface area contributed by atoms with Crippen LogP contribution >= 0.6 is 0 Å². The van der Waals surface area contributed by atoms with Crippen molar-refractivity contribution in [1.29, 1.82) is 0 Å². The van der Waals surface area contributed by atoms with E-state index in [2.05, 4.69) is 20.4 Å². The van der Waals surface area contributed by atoms with Gasteiger partial charge in [-0.3, -0.25) is 9.78 Å². The molecule has 0 saturated carbocycles. The van der Waals surface area contributed by atoms with E-state index in [1.807, 2.05) is 13.0 Å². The Kier molecular flexibility index (Phi) is 5.39. The molecule has 0 spiro atoms. The third kappa shape index (κ3) is 4.64. The summed E-state index contributed by atoms with van der Waals surface area (Å²) in [6, 6.07) is 3.63. The first kappa shape index (κ1) is 15.1. The standard InChI is InChI=1S/C14H18N4O3/c1-10(9-20-2)16-12(19)5-6-13-17-14(18-21-13)11-4-3-7-15-8-11/h3-4,7-8,10H,5-6,9H2,1-2H3,(H,16,19). The summed E-state index contributed by atoms with van der Waals surface area (Å²) < 4.78 is 10.1. The number of pyridine rings is 1. The molecule has 0 fully saturated rings. The van der Waals surface area contributed by atoms with Crippen molar-refractivity contribution in [1.82, 2.24) is 20.4 Å². The highest BCUT2D eigenvalue weighted by Crippen LogP contribution is 2.14. The van der Waals surface area contributed by atoms with Crippen LogP contribution in [0.3, 0.4) is 0 Å². The Balaban J connectivity index is 1.84. The van der Waals surface area contributed by atoms with Gasteiger partial charge in [0.2, 0.25) is 17.6 Å². The van der Waals surface area contributed by atoms with Crippen molar-refractivity contribution in [2.75, 3.05) is 13.7 Å². The summed E-state index contributed by atoms with van der Waals surface area (Å²) in [5.74, 6) is 0.843. The van der Waals surface area contributed by atoms with Gasteiger partial charge in [-0.2, -0.15) is 4.98 Å². The van der Waals surface area contributed by atoms with Gasteiger partial charge in [0.25, 0.3) is 0 Å². The molecule has 2 rings (SSSR count). The van der Waals surface area contributed by atoms with Gasteiger partial charge in [-0.25, -0.2) is 0 Å². The van der Waals surface area contributed by atoms with Crippen LogP contribution in [0.4, 0.5) is 0 Å². The molecule has 0 aliphatic rings. The van der Waals surface area contributed by atoms with Crippen LogP contribution in [0.1, 0.15) is 19.2 Å². The van der Waals surface area contributed by atoms with Crippen LogP contribution in [0.5, 0.6) is 0 Å². The first-order valence-corrected chi connectivity index (χ1v) is 6.70. The van der Waals surface area contributed by atoms with Crippen LogP contribution in [-0.2, 0) is 16.0 Å². The number of carbonyl (C=O) groups is 1. The van der Waals surface area contributed by atoms with Crippen molar-refractivity contribution >= 4 is 5.91 Å². The molecule has 0 radical (unpaired) electrons. The summed E-state index contributed by atoms with van der Waals surface area (Å²) in [6.07, 6.45) is 4.03. The number of nitrogens with zero attached hydrogens (tertiary/aromatic N) is 3. The molecule has 112 valence electrons. The highest BCUT2D eigenvalue weighted by Gasteiger charge is 2.12. The van der Waals surface area contributed by atoms with E-state index >= 15 is 0 Å². The summed E-state index contributed by atoms with van der Waals surface area (Å²) >= 11 is 0. The van der Waals surface area contributed by atoms with Crippen molar-refractivity contribution in [3.05, 3.63) is 30.4 Å². The zero-order valence-corrected chi connectivity index (χ0v) is 12.1. The average Bonchev–Trinajstić information content (AvgIpc) is 2.95. The average molecular weight is 290 g/mol. The van der Waals surface area contributed by atoms with E-state index in [1.165, 1.54) is 0 Å². The van der Waals surface area contributed by atoms with E-state index in [0.29, 0.717) is 31.2 Å². The lowest BCUT2D eigenvalue weighted by molar-refractivity contribution is -0.122. The Morgan fingerprint density at radius 1 is 1.52 bits per heavy atom. The topological polar surface area (TPSA) is 90.1 Å². The second kappa shape index (κ2) is 7.49. The molecule has 0 aliphatic carbocycles. The molecule has 0 aromatic carbocycles. The van der Waals surface area contributed by atoms with Crippen molar-refractivity contribution in [3.63, 3.8) is 0 Å². The molecule has 21 heavy (non-hydrogen) atoms. The normalized spacial score (nSPS) is 12.1. The minimum absolute atomic E-state index is 0.0175. The molecule has 1 N–H and O–H groups in total. The van der Waals surface area contributed by atoms with Gasteiger partial charge in [0, 0.05) is 44.0 Å². The first-order chi connectivity index (χ1) is 10.2. The molecule has 7 heteroatoms. The molecule has 7 nitrogen and oxygen atoms in total. The van der Waals surface area contributed by atoms with Crippen molar-refractivity contribution in [2.45, 2.75) is 25.8 Å². The molecule has 0 bridgehead atoms. The minimum Gasteiger partial charge on any atom is -0.383 e. The highest BCUT2D eigenvalue weighted by atomic mass is 16.5. The number of hydrogen-bond acceptors (Lipinski definition) is 6. The number of aromatic nitrogens is 3. The SMILES string of the molecule is COCC(C)NC(=O)CCc1nc(-c2cccnc2)no1. The molecule has 2 aromatic rings. The molecular formula is C14H18N4O3. The number of amides is 1. The van der Waals surface area contributed by atoms with Crippen LogP contribution in [0.2, 0.25) is 0 Å². The second-order valence-electron chi connectivity index (χ2n) is 4.68. The summed E-state index contributed by atoms with van der Waals surface area (Å²) in [7, 11) is 1.60. The quantitative estimate of drug-likeness (QED) is 0.824. The van der Waals surface area contributed by atoms with Gasteiger partial charge < -0.3 is 14.6 Å². The van der Waals surface area contributed by atoms with E-state index in [9.17, 15) is 4.79 Å². The van der Waals surface area contributed by atoms with Crippen LogP contribution in [0.25, 0.3) is 11.4 Å². The third-order valence-electron chi connectivity index (χ3n) is 2.78. The molecule has 1 unspecified atom stereocenters. The lowest BCUT2D eigenvalue weighted by Gasteiger charge is -2.11. The number of rotatable bonds is 7. The highest BCUT2D eigenvalue weighted by molar-refractivity contribution is 5.76. The zero-order valence-electron chi connectivity index (χ0n) is 12.1. The summed E-state index contributed by atoms with van der Waals surface area (Å²) in [6.45, 7) is 2.37. The smallest absolute Gasteiger partial charge is 0.227 e. The molecule has 1 atom stereocenters. The number of carbonyl (C=O) groups excluding carboxylic acids is 1. The fourth-order valence-corrected chi connectivity index (χ4v) is 1.83. The fraction of sp³-hybridized carbons (Fsp3) is 0.429. The molecule has 0 aliphatic heterocycles. The lowest BCUT2D eigenvalue weighted by Crippen LogP contribution is -2.35. The van der Waals surface area contributed by atoms with E-state index in [1.54, 1.807) is 25.6 Å². The van der Waals surface area contributed by atoms with Gasteiger partial charge in [0.05, 0.1) is 6.61 Å². The van der Waals surface area contributed by atoms with Crippen molar-refractivity contribution in [3.8, 4) is 11.4 Å². The van der Waals surface area contributed by atoms with E-state index in [-0.39, 0.29) is 11.9 Å². The largest absolute Gasteiger partial charge is 0.383 e. The van der Waals surface area contributed by atoms with Crippen LogP contribution in [0, 0.1) is 0 Å². The van der Waals surface area contributed by atoms with Crippen LogP contribution < -0.4 is 5.32 Å². The minimum atomic E-state index is -0.0688. The molecule has 2 aromatic heterocycles. The predicted octanol–water partition coefficient (Wildman–Crippen LogP) is 1.22. The Morgan fingerprint density at radius 3 is 3.10 bits per heavy atom. The third-order valence-corrected chi connectivity index (χ3v) is 2.78. The second-order valence-corrected chi connectivity index (χ2v) is 4.68. The molecular weight excluding hydrogens is 272 g/mol. The van der Waals surface area contributed by atoms with Crippen LogP contribution in [0.15, 0.2) is 29.0 Å². The predicted molar refractivity (Wildman–Crippen MR) is 75.3 cm³/mol. The first-order valence-electron chi connectivity index (χ1n) is 6.70. The Labute approximate surface area is 122 Å². The summed E-state index contributed by atoms with van der Waals surface area (Å²) in [5.41, 5.74) is 0.783. The number of ether oxygens (including phenoxy) is 1. The van der Waals surface area contributed by atoms with Gasteiger partial charge in [-0.15, -0.1) is 0 Å². The Hall–Kier alpha value is -2.28. The van der Waals surface area contributed by atoms with Crippen molar-refractivity contribution < 1.29 is 14.1 Å². The Bertz CT molecular complexity index is 571. The number of methoxy groups -OCH3 is 1. The number of nitrogens with one attached hydrogen (secondary N) is 1. The lowest BCUT2D eigenvalue weighted by atomic mass is 10.2. The maximum Gasteiger partial charge on any atom is 0.227 e. The van der Waals surface area contributed by atoms with Gasteiger partial charge in [-0.05, 0) is 19.1 Å². The van der Waals surface area contributed by atoms with E-state index in [0.717, 1.165) is 5.56 Å². The molecule has 2 heterocycles. The van der Waals surface area contributed by atoms with Gasteiger partial charge in [0.1, 0.15) is 0 Å². The van der Waals surface area contributed by atoms with Crippen LogP contribution in [-0.4, -0.2) is 40.8 Å². The maximum absolute atomic E-state index is 11.7. The number of hydrogen-bond donors (Lipinski definition) is 1. The zero-order chi connectivity index (χ0) is 15.1. The van der Waals surface area contributed by atoms with Gasteiger partial charge in [0.15, 0.2) is 0 Å². The van der Waals surface area contributed by atoms with Gasteiger partial charge in [-0.1, -0.05) is 5.16 Å². The van der Waals surface area contributed by atoms with Gasteiger partial charge >= 0.3 is 0 Å². The van der Waals surface area contributed by atoms with E-state index < -0.39 is 0 Å². The Morgan fingerprint density at radius 2 is 2.38 bits per heavy atom. The summed E-state index contributed by atoms with van der Waals surface area (Å²) in [4.78, 5) is 20.0. The fourth-order valence-electron chi connectivity index (χ4n) is 1.83. The van der Waals surface area contributed by atoms with Crippen molar-refractivity contribution in [2.24, 2.45) is 0 Å². The monoisotopic (exact) mass is 290 g/mol. The molecule has 0 saturated heterocycles.